The van der Waals surface area contributed by atoms with Gasteiger partial charge in [0.15, 0.2) is 5.82 Å². The summed E-state index contributed by atoms with van der Waals surface area (Å²) in [4.78, 5) is 34.1. The molecule has 41 heavy (non-hydrogen) atoms. The number of carbonyl (C=O) groups is 2. The molecule has 1 atom stereocenters. The number of anilines is 1. The fraction of sp³-hybridized carbons (Fsp3) is 0.357. The van der Waals surface area contributed by atoms with Gasteiger partial charge in [-0.3, -0.25) is 9.78 Å². The van der Waals surface area contributed by atoms with Gasteiger partial charge in [0, 0.05) is 42.6 Å². The van der Waals surface area contributed by atoms with Crippen LogP contribution in [0.4, 0.5) is 19.0 Å². The van der Waals surface area contributed by atoms with Crippen LogP contribution in [0.15, 0.2) is 53.2 Å². The van der Waals surface area contributed by atoms with Crippen molar-refractivity contribution < 1.29 is 37.5 Å². The quantitative estimate of drug-likeness (QED) is 0.251. The average Bonchev–Trinajstić information content (AvgIpc) is 3.39. The maximum Gasteiger partial charge on any atom is 0.490 e. The van der Waals surface area contributed by atoms with Crippen LogP contribution in [0.3, 0.4) is 0 Å². The van der Waals surface area contributed by atoms with E-state index in [1.165, 1.54) is 5.56 Å². The molecule has 10 nitrogen and oxygen atoms in total. The minimum atomic E-state index is -5.08. The standard InChI is InChI=1S/C26H27N5O3.C2HF3O2/c32-25(33)15-19(20-13-18-5-1-2-8-22(18)28-16-20)14-24-30-23(31-34-24)9-3-7-21-11-10-17-6-4-12-27-26(17)29-21;3-2(4,5)1(6)7/h1-2,5,8,10-11,13,16,19H,3-4,6-7,9,12,14-15H2,(H,27,29)(H,32,33);(H,6,7). The summed E-state index contributed by atoms with van der Waals surface area (Å²) in [6.45, 7) is 0.979. The lowest BCUT2D eigenvalue weighted by Crippen LogP contribution is -2.21. The average molecular weight is 572 g/mol. The number of aryl methyl sites for hydroxylation is 3. The van der Waals surface area contributed by atoms with Crippen LogP contribution in [0.25, 0.3) is 10.9 Å². The van der Waals surface area contributed by atoms with Crippen molar-refractivity contribution in [3.8, 4) is 0 Å². The number of fused-ring (bicyclic) bond motifs is 2. The number of carboxylic acids is 2. The van der Waals surface area contributed by atoms with Crippen molar-refractivity contribution in [3.05, 3.63) is 77.2 Å². The number of halogens is 3. The van der Waals surface area contributed by atoms with E-state index in [2.05, 4.69) is 32.6 Å². The lowest BCUT2D eigenvalue weighted by molar-refractivity contribution is -0.192. The Kier molecular flexibility index (Phi) is 9.48. The van der Waals surface area contributed by atoms with Crippen molar-refractivity contribution >= 4 is 28.7 Å². The maximum atomic E-state index is 11.5. The van der Waals surface area contributed by atoms with Crippen molar-refractivity contribution in [2.45, 2.75) is 57.0 Å². The van der Waals surface area contributed by atoms with Gasteiger partial charge in [-0.1, -0.05) is 29.4 Å². The number of hydrogen-bond acceptors (Lipinski definition) is 8. The zero-order valence-corrected chi connectivity index (χ0v) is 21.9. The normalized spacial score (nSPS) is 13.4. The van der Waals surface area contributed by atoms with Crippen LogP contribution in [0.5, 0.6) is 0 Å². The van der Waals surface area contributed by atoms with Crippen molar-refractivity contribution in [2.75, 3.05) is 11.9 Å². The molecule has 13 heteroatoms. The van der Waals surface area contributed by atoms with Crippen LogP contribution < -0.4 is 5.32 Å². The number of aromatic nitrogens is 4. The number of benzene rings is 1. The van der Waals surface area contributed by atoms with Gasteiger partial charge in [0.2, 0.25) is 5.89 Å². The Labute approximate surface area is 232 Å². The van der Waals surface area contributed by atoms with Crippen molar-refractivity contribution in [3.63, 3.8) is 0 Å². The molecule has 3 N–H and O–H groups in total. The van der Waals surface area contributed by atoms with Gasteiger partial charge < -0.3 is 20.1 Å². The fourth-order valence-corrected chi connectivity index (χ4v) is 4.45. The maximum absolute atomic E-state index is 11.5. The summed E-state index contributed by atoms with van der Waals surface area (Å²) < 4.78 is 37.2. The van der Waals surface area contributed by atoms with E-state index in [1.54, 1.807) is 6.20 Å². The predicted molar refractivity (Wildman–Crippen MR) is 142 cm³/mol. The highest BCUT2D eigenvalue weighted by atomic mass is 19.4. The van der Waals surface area contributed by atoms with Gasteiger partial charge in [-0.05, 0) is 55.0 Å². The number of hydrogen-bond donors (Lipinski definition) is 3. The number of pyridine rings is 2. The van der Waals surface area contributed by atoms with Gasteiger partial charge in [-0.25, -0.2) is 9.78 Å². The van der Waals surface area contributed by atoms with E-state index in [-0.39, 0.29) is 12.3 Å². The number of nitrogens with one attached hydrogen (secondary N) is 1. The zero-order chi connectivity index (χ0) is 29.4. The molecule has 216 valence electrons. The lowest BCUT2D eigenvalue weighted by atomic mass is 9.93. The molecule has 1 aromatic carbocycles. The SMILES string of the molecule is O=C(O)C(F)(F)F.O=C(O)CC(Cc1nc(CCCc2ccc3c(n2)NCCC3)no1)c1cnc2ccccc2c1. The van der Waals surface area contributed by atoms with Crippen LogP contribution in [0.2, 0.25) is 0 Å². The number of carboxylic acid groups (broad SMARTS) is 2. The highest BCUT2D eigenvalue weighted by molar-refractivity contribution is 5.79. The van der Waals surface area contributed by atoms with E-state index in [9.17, 15) is 23.1 Å². The number of rotatable bonds is 9. The van der Waals surface area contributed by atoms with E-state index < -0.39 is 18.1 Å². The molecule has 0 fully saturated rings. The second-order valence-corrected chi connectivity index (χ2v) is 9.56. The number of para-hydroxylation sites is 1. The molecule has 0 saturated carbocycles. The Morgan fingerprint density at radius 2 is 1.85 bits per heavy atom. The molecular formula is C28H28F3N5O5. The topological polar surface area (TPSA) is 151 Å². The molecule has 0 radical (unpaired) electrons. The van der Waals surface area contributed by atoms with Gasteiger partial charge in [-0.2, -0.15) is 18.2 Å². The van der Waals surface area contributed by atoms with E-state index >= 15 is 0 Å². The fourth-order valence-electron chi connectivity index (χ4n) is 4.45. The first kappa shape index (κ1) is 29.4. The molecule has 0 aliphatic carbocycles. The minimum Gasteiger partial charge on any atom is -0.481 e. The van der Waals surface area contributed by atoms with Crippen LogP contribution in [-0.4, -0.2) is 55.0 Å². The smallest absolute Gasteiger partial charge is 0.481 e. The monoisotopic (exact) mass is 571 g/mol. The lowest BCUT2D eigenvalue weighted by Gasteiger charge is -2.17. The van der Waals surface area contributed by atoms with Gasteiger partial charge in [0.05, 0.1) is 11.9 Å². The summed E-state index contributed by atoms with van der Waals surface area (Å²) in [5.74, 6) is -1.83. The zero-order valence-electron chi connectivity index (χ0n) is 21.9. The van der Waals surface area contributed by atoms with Crippen LogP contribution >= 0.6 is 0 Å². The number of nitrogens with zero attached hydrogens (tertiary/aromatic N) is 4. The summed E-state index contributed by atoms with van der Waals surface area (Å²) in [7, 11) is 0. The highest BCUT2D eigenvalue weighted by Crippen LogP contribution is 2.26. The Balaban J connectivity index is 0.000000493. The highest BCUT2D eigenvalue weighted by Gasteiger charge is 2.38. The minimum absolute atomic E-state index is 0.0320. The molecule has 4 heterocycles. The van der Waals surface area contributed by atoms with E-state index in [1.807, 2.05) is 30.3 Å². The number of aliphatic carboxylic acids is 2. The second-order valence-electron chi connectivity index (χ2n) is 9.56. The predicted octanol–water partition coefficient (Wildman–Crippen LogP) is 4.98. The van der Waals surface area contributed by atoms with Gasteiger partial charge >= 0.3 is 18.1 Å². The Morgan fingerprint density at radius 3 is 2.61 bits per heavy atom. The van der Waals surface area contributed by atoms with Crippen molar-refractivity contribution in [1.29, 1.82) is 0 Å². The van der Waals surface area contributed by atoms with E-state index in [0.29, 0.717) is 24.6 Å². The summed E-state index contributed by atoms with van der Waals surface area (Å²) >= 11 is 0. The molecule has 1 aliphatic rings. The molecule has 3 aromatic heterocycles. The third kappa shape index (κ3) is 8.47. The van der Waals surface area contributed by atoms with Crippen molar-refractivity contribution in [2.24, 2.45) is 0 Å². The first-order chi connectivity index (χ1) is 19.6. The third-order valence-corrected chi connectivity index (χ3v) is 6.46. The summed E-state index contributed by atoms with van der Waals surface area (Å²) in [6, 6.07) is 14.0. The molecule has 0 spiro atoms. The Bertz CT molecular complexity index is 1510. The first-order valence-corrected chi connectivity index (χ1v) is 13.0. The van der Waals surface area contributed by atoms with Crippen LogP contribution in [-0.2, 0) is 35.3 Å². The molecule has 5 rings (SSSR count). The van der Waals surface area contributed by atoms with E-state index in [0.717, 1.165) is 60.2 Å². The molecule has 4 aromatic rings. The van der Waals surface area contributed by atoms with Gasteiger partial charge in [0.25, 0.3) is 0 Å². The van der Waals surface area contributed by atoms with Gasteiger partial charge in [-0.15, -0.1) is 0 Å². The summed E-state index contributed by atoms with van der Waals surface area (Å²) in [6.07, 6.45) is 1.59. The molecule has 1 aliphatic heterocycles. The molecule has 0 bridgehead atoms. The molecule has 1 unspecified atom stereocenters. The molecular weight excluding hydrogens is 543 g/mol. The summed E-state index contributed by atoms with van der Waals surface area (Å²) in [5.41, 5.74) is 4.08. The summed E-state index contributed by atoms with van der Waals surface area (Å²) in [5, 5.41) is 25.0. The van der Waals surface area contributed by atoms with Crippen LogP contribution in [0.1, 0.15) is 53.7 Å². The third-order valence-electron chi connectivity index (χ3n) is 6.46. The largest absolute Gasteiger partial charge is 0.490 e. The number of alkyl halides is 3. The van der Waals surface area contributed by atoms with E-state index in [4.69, 9.17) is 19.4 Å². The molecule has 0 saturated heterocycles. The van der Waals surface area contributed by atoms with Crippen molar-refractivity contribution in [1.82, 2.24) is 20.1 Å². The second kappa shape index (κ2) is 13.2. The Morgan fingerprint density at radius 1 is 1.07 bits per heavy atom. The van der Waals surface area contributed by atoms with Gasteiger partial charge in [0.1, 0.15) is 5.82 Å². The Hall–Kier alpha value is -4.55. The first-order valence-electron chi connectivity index (χ1n) is 13.0. The molecule has 0 amide bonds. The van der Waals surface area contributed by atoms with Crippen LogP contribution in [0, 0.1) is 0 Å².